The topological polar surface area (TPSA) is 25.4 Å². The first-order chi connectivity index (χ1) is 7.09. The van der Waals surface area contributed by atoms with Crippen LogP contribution >= 0.6 is 0 Å². The zero-order valence-corrected chi connectivity index (χ0v) is 9.23. The number of nitrogens with zero attached hydrogens (tertiary/aromatic N) is 2. The van der Waals surface area contributed by atoms with Crippen LogP contribution in [0.25, 0.3) is 5.76 Å². The highest BCUT2D eigenvalue weighted by molar-refractivity contribution is 5.56. The predicted octanol–water partition coefficient (Wildman–Crippen LogP) is 2.14. The van der Waals surface area contributed by atoms with Crippen LogP contribution in [0.4, 0.5) is 0 Å². The fourth-order valence-corrected chi connectivity index (χ4v) is 1.15. The smallest absolute Gasteiger partial charge is 0.128 e. The SMILES string of the molecule is C=C(CN(C)C)OC(=C)c1cccnc1. The van der Waals surface area contributed by atoms with E-state index in [1.54, 1.807) is 12.4 Å². The van der Waals surface area contributed by atoms with Crippen molar-refractivity contribution in [3.63, 3.8) is 0 Å². The Morgan fingerprint density at radius 3 is 2.73 bits per heavy atom. The number of pyridine rings is 1. The third-order valence-electron chi connectivity index (χ3n) is 1.74. The van der Waals surface area contributed by atoms with Crippen LogP contribution < -0.4 is 0 Å². The van der Waals surface area contributed by atoms with Crippen molar-refractivity contribution < 1.29 is 4.74 Å². The van der Waals surface area contributed by atoms with E-state index < -0.39 is 0 Å². The van der Waals surface area contributed by atoms with Gasteiger partial charge in [-0.05, 0) is 26.2 Å². The zero-order valence-electron chi connectivity index (χ0n) is 9.23. The molecular formula is C12H16N2O. The summed E-state index contributed by atoms with van der Waals surface area (Å²) < 4.78 is 5.48. The average Bonchev–Trinajstić information content (AvgIpc) is 2.17. The number of ether oxygens (including phenoxy) is 1. The van der Waals surface area contributed by atoms with Gasteiger partial charge in [-0.25, -0.2) is 0 Å². The molecule has 3 heteroatoms. The molecule has 0 aliphatic rings. The van der Waals surface area contributed by atoms with Crippen LogP contribution in [0.15, 0.2) is 43.4 Å². The molecule has 15 heavy (non-hydrogen) atoms. The van der Waals surface area contributed by atoms with Gasteiger partial charge in [0.25, 0.3) is 0 Å². The molecule has 3 nitrogen and oxygen atoms in total. The number of likely N-dealkylation sites (N-methyl/N-ethyl adjacent to an activating group) is 1. The summed E-state index contributed by atoms with van der Waals surface area (Å²) in [6.45, 7) is 8.33. The van der Waals surface area contributed by atoms with Crippen LogP contribution in [0.1, 0.15) is 5.56 Å². The third kappa shape index (κ3) is 3.95. The van der Waals surface area contributed by atoms with Crippen LogP contribution in [0.3, 0.4) is 0 Å². The van der Waals surface area contributed by atoms with Crippen molar-refractivity contribution in [2.75, 3.05) is 20.6 Å². The highest BCUT2D eigenvalue weighted by atomic mass is 16.5. The Kier molecular flexibility index (Phi) is 4.06. The average molecular weight is 204 g/mol. The Morgan fingerprint density at radius 2 is 2.20 bits per heavy atom. The number of hydrogen-bond donors (Lipinski definition) is 0. The van der Waals surface area contributed by atoms with Gasteiger partial charge < -0.3 is 9.64 Å². The lowest BCUT2D eigenvalue weighted by atomic mass is 10.2. The molecule has 0 aliphatic carbocycles. The summed E-state index contributed by atoms with van der Waals surface area (Å²) >= 11 is 0. The lowest BCUT2D eigenvalue weighted by Crippen LogP contribution is -2.15. The summed E-state index contributed by atoms with van der Waals surface area (Å²) in [5.41, 5.74) is 0.873. The standard InChI is InChI=1S/C12H16N2O/c1-10(9-14(3)4)15-11(2)12-6-5-7-13-8-12/h5-8H,1-2,9H2,3-4H3. The molecule has 1 aromatic heterocycles. The second-order valence-electron chi connectivity index (χ2n) is 3.54. The first-order valence-corrected chi connectivity index (χ1v) is 4.69. The molecular weight excluding hydrogens is 188 g/mol. The summed E-state index contributed by atoms with van der Waals surface area (Å²) in [7, 11) is 3.92. The maximum absolute atomic E-state index is 5.48. The van der Waals surface area contributed by atoms with E-state index in [4.69, 9.17) is 4.74 Å². The summed E-state index contributed by atoms with van der Waals surface area (Å²) in [5, 5.41) is 0. The van der Waals surface area contributed by atoms with E-state index in [2.05, 4.69) is 18.1 Å². The molecule has 0 saturated heterocycles. The molecule has 80 valence electrons. The van der Waals surface area contributed by atoms with Gasteiger partial charge in [-0.15, -0.1) is 0 Å². The van der Waals surface area contributed by atoms with E-state index in [-0.39, 0.29) is 0 Å². The minimum Gasteiger partial charge on any atom is -0.461 e. The summed E-state index contributed by atoms with van der Waals surface area (Å²) in [6.07, 6.45) is 3.43. The van der Waals surface area contributed by atoms with E-state index in [0.29, 0.717) is 18.1 Å². The molecule has 0 N–H and O–H groups in total. The Morgan fingerprint density at radius 1 is 1.47 bits per heavy atom. The first-order valence-electron chi connectivity index (χ1n) is 4.69. The van der Waals surface area contributed by atoms with Crippen molar-refractivity contribution in [2.45, 2.75) is 0 Å². The normalized spacial score (nSPS) is 10.1. The molecule has 0 unspecified atom stereocenters. The van der Waals surface area contributed by atoms with Crippen LogP contribution in [-0.4, -0.2) is 30.5 Å². The Labute approximate surface area is 90.7 Å². The van der Waals surface area contributed by atoms with Gasteiger partial charge in [-0.2, -0.15) is 0 Å². The Bertz CT molecular complexity index is 344. The minimum atomic E-state index is 0.579. The third-order valence-corrected chi connectivity index (χ3v) is 1.74. The monoisotopic (exact) mass is 204 g/mol. The van der Waals surface area contributed by atoms with E-state index in [0.717, 1.165) is 5.56 Å². The van der Waals surface area contributed by atoms with Crippen molar-refractivity contribution in [3.8, 4) is 0 Å². The maximum Gasteiger partial charge on any atom is 0.128 e. The highest BCUT2D eigenvalue weighted by Crippen LogP contribution is 2.15. The molecule has 0 fully saturated rings. The summed E-state index contributed by atoms with van der Waals surface area (Å²) in [6, 6.07) is 3.75. The first kappa shape index (κ1) is 11.5. The van der Waals surface area contributed by atoms with E-state index in [1.165, 1.54) is 0 Å². The van der Waals surface area contributed by atoms with Gasteiger partial charge in [0, 0.05) is 18.0 Å². The fourth-order valence-electron chi connectivity index (χ4n) is 1.15. The van der Waals surface area contributed by atoms with Crippen LogP contribution in [0.5, 0.6) is 0 Å². The van der Waals surface area contributed by atoms with E-state index >= 15 is 0 Å². The van der Waals surface area contributed by atoms with E-state index in [1.807, 2.05) is 31.1 Å². The largest absolute Gasteiger partial charge is 0.461 e. The molecule has 1 rings (SSSR count). The minimum absolute atomic E-state index is 0.579. The van der Waals surface area contributed by atoms with Crippen LogP contribution in [0.2, 0.25) is 0 Å². The van der Waals surface area contributed by atoms with Gasteiger partial charge >= 0.3 is 0 Å². The molecule has 0 aromatic carbocycles. The molecule has 1 aromatic rings. The van der Waals surface area contributed by atoms with Crippen molar-refractivity contribution in [2.24, 2.45) is 0 Å². The summed E-state index contributed by atoms with van der Waals surface area (Å²) in [4.78, 5) is 5.98. The number of rotatable bonds is 5. The van der Waals surface area contributed by atoms with Gasteiger partial charge in [0.05, 0.1) is 6.54 Å². The van der Waals surface area contributed by atoms with Gasteiger partial charge in [0.1, 0.15) is 11.5 Å². The number of aromatic nitrogens is 1. The highest BCUT2D eigenvalue weighted by Gasteiger charge is 2.03. The lowest BCUT2D eigenvalue weighted by molar-refractivity contribution is 0.314. The molecule has 0 atom stereocenters. The van der Waals surface area contributed by atoms with E-state index in [9.17, 15) is 0 Å². The molecule has 1 heterocycles. The van der Waals surface area contributed by atoms with Gasteiger partial charge in [-0.1, -0.05) is 13.2 Å². The molecule has 0 radical (unpaired) electrons. The Hall–Kier alpha value is -1.61. The van der Waals surface area contributed by atoms with Crippen molar-refractivity contribution in [1.29, 1.82) is 0 Å². The number of hydrogen-bond acceptors (Lipinski definition) is 3. The second-order valence-corrected chi connectivity index (χ2v) is 3.54. The summed E-state index contributed by atoms with van der Waals surface area (Å²) in [5.74, 6) is 1.25. The van der Waals surface area contributed by atoms with Crippen LogP contribution in [0, 0.1) is 0 Å². The molecule has 0 bridgehead atoms. The Balaban J connectivity index is 2.53. The van der Waals surface area contributed by atoms with Crippen molar-refractivity contribution in [3.05, 3.63) is 49.0 Å². The maximum atomic E-state index is 5.48. The van der Waals surface area contributed by atoms with Gasteiger partial charge in [0.2, 0.25) is 0 Å². The fraction of sp³-hybridized carbons (Fsp3) is 0.250. The molecule has 0 saturated carbocycles. The van der Waals surface area contributed by atoms with Gasteiger partial charge in [0.15, 0.2) is 0 Å². The second kappa shape index (κ2) is 5.32. The molecule has 0 aliphatic heterocycles. The quantitative estimate of drug-likeness (QED) is 0.687. The zero-order chi connectivity index (χ0) is 11.3. The molecule has 0 spiro atoms. The molecule has 0 amide bonds. The van der Waals surface area contributed by atoms with Crippen LogP contribution in [-0.2, 0) is 4.74 Å². The van der Waals surface area contributed by atoms with Gasteiger partial charge in [-0.3, -0.25) is 4.98 Å². The predicted molar refractivity (Wildman–Crippen MR) is 62.1 cm³/mol. The van der Waals surface area contributed by atoms with Crippen molar-refractivity contribution in [1.82, 2.24) is 9.88 Å². The van der Waals surface area contributed by atoms with Crippen molar-refractivity contribution >= 4 is 5.76 Å². The lowest BCUT2D eigenvalue weighted by Gasteiger charge is -2.14.